The molecule has 9 heteroatoms. The number of hydrogen-bond acceptors (Lipinski definition) is 5. The molecule has 0 bridgehead atoms. The number of nitrogen functional groups attached to an aromatic ring is 1. The minimum atomic E-state index is -0.630. The van der Waals surface area contributed by atoms with E-state index in [-0.39, 0.29) is 26.6 Å². The number of nitrogens with two attached hydrogens (primary N) is 1. The monoisotopic (exact) mass is 362 g/mol. The molecule has 0 unspecified atom stereocenters. The topological polar surface area (TPSA) is 80.4 Å². The fraction of sp³-hybridized carbons (Fsp3) is 0.0833. The average molecular weight is 364 g/mol. The van der Waals surface area contributed by atoms with Crippen LogP contribution in [0.15, 0.2) is 17.2 Å². The summed E-state index contributed by atoms with van der Waals surface area (Å²) in [6, 6.07) is 3.84. The van der Waals surface area contributed by atoms with Gasteiger partial charge in [-0.15, -0.1) is 11.3 Å². The van der Waals surface area contributed by atoms with Gasteiger partial charge in [0.05, 0.1) is 16.9 Å². The molecule has 0 aliphatic rings. The molecule has 0 aliphatic heterocycles. The third kappa shape index (κ3) is 3.65. The highest BCUT2D eigenvalue weighted by atomic mass is 35.5. The number of hydrogen-bond donors (Lipinski definition) is 2. The predicted molar refractivity (Wildman–Crippen MR) is 87.8 cm³/mol. The van der Waals surface area contributed by atoms with Gasteiger partial charge in [0, 0.05) is 9.75 Å². The molecule has 0 spiro atoms. The van der Waals surface area contributed by atoms with Crippen LogP contribution in [0.2, 0.25) is 15.2 Å². The number of thiophene rings is 1. The van der Waals surface area contributed by atoms with Crippen LogP contribution in [0.3, 0.4) is 0 Å². The van der Waals surface area contributed by atoms with E-state index in [0.717, 1.165) is 9.75 Å². The lowest BCUT2D eigenvalue weighted by Crippen LogP contribution is -2.20. The van der Waals surface area contributed by atoms with E-state index in [2.05, 4.69) is 15.5 Å². The smallest absolute Gasteiger partial charge is 0.291 e. The van der Waals surface area contributed by atoms with E-state index >= 15 is 0 Å². The Kier molecular flexibility index (Phi) is 5.05. The Morgan fingerprint density at radius 1 is 1.38 bits per heavy atom. The third-order valence-electron chi connectivity index (χ3n) is 2.41. The lowest BCUT2D eigenvalue weighted by atomic mass is 10.3. The third-order valence-corrected chi connectivity index (χ3v) is 4.48. The van der Waals surface area contributed by atoms with Crippen LogP contribution >= 0.6 is 46.1 Å². The van der Waals surface area contributed by atoms with Gasteiger partial charge in [-0.1, -0.05) is 34.8 Å². The first kappa shape index (κ1) is 16.0. The van der Waals surface area contributed by atoms with Gasteiger partial charge in [-0.25, -0.2) is 10.4 Å². The number of anilines is 1. The summed E-state index contributed by atoms with van der Waals surface area (Å²) in [7, 11) is 0. The van der Waals surface area contributed by atoms with Gasteiger partial charge >= 0.3 is 0 Å². The fourth-order valence-corrected chi connectivity index (χ4v) is 2.76. The lowest BCUT2D eigenvalue weighted by molar-refractivity contribution is 0.0950. The van der Waals surface area contributed by atoms with E-state index < -0.39 is 5.91 Å². The summed E-state index contributed by atoms with van der Waals surface area (Å²) in [6.07, 6.45) is 1.52. The van der Waals surface area contributed by atoms with Gasteiger partial charge in [-0.2, -0.15) is 5.10 Å². The van der Waals surface area contributed by atoms with Gasteiger partial charge in [-0.3, -0.25) is 4.79 Å². The van der Waals surface area contributed by atoms with Crippen molar-refractivity contribution in [3.05, 3.63) is 42.8 Å². The Labute approximate surface area is 139 Å². The van der Waals surface area contributed by atoms with Gasteiger partial charge < -0.3 is 5.73 Å². The van der Waals surface area contributed by atoms with Crippen LogP contribution in [-0.2, 0) is 0 Å². The highest BCUT2D eigenvalue weighted by Crippen LogP contribution is 2.34. The first-order chi connectivity index (χ1) is 9.90. The summed E-state index contributed by atoms with van der Waals surface area (Å²) in [5, 5.41) is 3.67. The maximum Gasteiger partial charge on any atom is 0.291 e. The molecular formula is C12H9Cl3N4OS. The van der Waals surface area contributed by atoms with Gasteiger partial charge in [0.1, 0.15) is 5.02 Å². The molecule has 5 nitrogen and oxygen atoms in total. The van der Waals surface area contributed by atoms with Crippen molar-refractivity contribution in [2.75, 3.05) is 5.73 Å². The van der Waals surface area contributed by atoms with E-state index in [9.17, 15) is 4.79 Å². The van der Waals surface area contributed by atoms with Crippen molar-refractivity contribution < 1.29 is 4.79 Å². The molecule has 0 radical (unpaired) electrons. The van der Waals surface area contributed by atoms with Gasteiger partial charge in [0.25, 0.3) is 5.91 Å². The number of aromatic nitrogens is 1. The van der Waals surface area contributed by atoms with Crippen LogP contribution in [0.4, 0.5) is 5.69 Å². The molecule has 3 N–H and O–H groups in total. The summed E-state index contributed by atoms with van der Waals surface area (Å²) in [4.78, 5) is 17.8. The molecule has 0 aliphatic carbocycles. The molecule has 2 aromatic heterocycles. The number of carbonyl (C=O) groups is 1. The van der Waals surface area contributed by atoms with Crippen molar-refractivity contribution in [3.8, 4) is 0 Å². The Bertz CT molecular complexity index is 730. The van der Waals surface area contributed by atoms with Crippen molar-refractivity contribution >= 4 is 63.9 Å². The lowest BCUT2D eigenvalue weighted by Gasteiger charge is -2.07. The number of pyridine rings is 1. The van der Waals surface area contributed by atoms with Crippen LogP contribution in [0, 0.1) is 6.92 Å². The summed E-state index contributed by atoms with van der Waals surface area (Å²) in [5.74, 6) is -0.630. The summed E-state index contributed by atoms with van der Waals surface area (Å²) in [5.41, 5.74) is 7.81. The van der Waals surface area contributed by atoms with Crippen molar-refractivity contribution in [1.82, 2.24) is 10.4 Å². The largest absolute Gasteiger partial charge is 0.396 e. The number of nitrogens with zero attached hydrogens (tertiary/aromatic N) is 2. The van der Waals surface area contributed by atoms with E-state index in [1.165, 1.54) is 6.21 Å². The molecular weight excluding hydrogens is 355 g/mol. The molecule has 2 aromatic rings. The van der Waals surface area contributed by atoms with Gasteiger partial charge in [0.15, 0.2) is 10.8 Å². The summed E-state index contributed by atoms with van der Waals surface area (Å²) >= 11 is 19.0. The Hall–Kier alpha value is -1.34. The minimum absolute atomic E-state index is 0.00124. The number of aryl methyl sites for hydroxylation is 1. The number of hydrazone groups is 1. The molecule has 2 rings (SSSR count). The molecule has 2 heterocycles. The van der Waals surface area contributed by atoms with Crippen LogP contribution in [0.25, 0.3) is 0 Å². The van der Waals surface area contributed by atoms with Crippen LogP contribution in [0.1, 0.15) is 20.2 Å². The van der Waals surface area contributed by atoms with Crippen LogP contribution in [0.5, 0.6) is 0 Å². The first-order valence-electron chi connectivity index (χ1n) is 5.60. The quantitative estimate of drug-likeness (QED) is 0.495. The van der Waals surface area contributed by atoms with E-state index in [4.69, 9.17) is 40.5 Å². The second kappa shape index (κ2) is 6.62. The molecule has 0 saturated heterocycles. The highest BCUT2D eigenvalue weighted by molar-refractivity contribution is 7.13. The molecule has 0 saturated carbocycles. The Morgan fingerprint density at radius 3 is 2.71 bits per heavy atom. The molecule has 0 atom stereocenters. The fourth-order valence-electron chi connectivity index (χ4n) is 1.41. The van der Waals surface area contributed by atoms with Crippen molar-refractivity contribution in [2.24, 2.45) is 5.10 Å². The minimum Gasteiger partial charge on any atom is -0.396 e. The maximum atomic E-state index is 12.0. The molecule has 110 valence electrons. The molecule has 0 fully saturated rings. The summed E-state index contributed by atoms with van der Waals surface area (Å²) in [6.45, 7) is 1.97. The van der Waals surface area contributed by atoms with Crippen LogP contribution < -0.4 is 11.2 Å². The van der Waals surface area contributed by atoms with E-state index in [1.54, 1.807) is 11.3 Å². The number of halogens is 3. The van der Waals surface area contributed by atoms with Gasteiger partial charge in [-0.05, 0) is 19.1 Å². The number of carbonyl (C=O) groups excluding carboxylic acids is 1. The van der Waals surface area contributed by atoms with Crippen LogP contribution in [-0.4, -0.2) is 17.1 Å². The molecule has 0 aromatic carbocycles. The van der Waals surface area contributed by atoms with Crippen molar-refractivity contribution in [1.29, 1.82) is 0 Å². The van der Waals surface area contributed by atoms with E-state index in [0.29, 0.717) is 0 Å². The summed E-state index contributed by atoms with van der Waals surface area (Å²) < 4.78 is 0. The number of rotatable bonds is 3. The van der Waals surface area contributed by atoms with Gasteiger partial charge in [0.2, 0.25) is 0 Å². The zero-order valence-corrected chi connectivity index (χ0v) is 13.7. The number of amides is 1. The second-order valence-corrected chi connectivity index (χ2v) is 6.37. The average Bonchev–Trinajstić information content (AvgIpc) is 2.86. The SMILES string of the molecule is Cc1ccc(/C=N/NC(=O)c2nc(Cl)c(Cl)c(N)c2Cl)s1. The normalized spacial score (nSPS) is 11.0. The zero-order valence-electron chi connectivity index (χ0n) is 10.7. The maximum absolute atomic E-state index is 12.0. The zero-order chi connectivity index (χ0) is 15.6. The second-order valence-electron chi connectivity index (χ2n) is 3.94. The van der Waals surface area contributed by atoms with E-state index in [1.807, 2.05) is 19.1 Å². The number of nitrogens with one attached hydrogen (secondary N) is 1. The molecule has 21 heavy (non-hydrogen) atoms. The standard InChI is InChI=1S/C12H9Cl3N4OS/c1-5-2-3-6(21-5)4-17-19-12(20)10-7(13)9(16)8(14)11(15)18-10/h2-4H,1H3,(H2,16,18)(H,19,20)/b17-4+. The highest BCUT2D eigenvalue weighted by Gasteiger charge is 2.19. The predicted octanol–water partition coefficient (Wildman–Crippen LogP) is 3.76. The van der Waals surface area contributed by atoms with Crippen molar-refractivity contribution in [3.63, 3.8) is 0 Å². The Morgan fingerprint density at radius 2 is 2.10 bits per heavy atom. The van der Waals surface area contributed by atoms with Crippen molar-refractivity contribution in [2.45, 2.75) is 6.92 Å². The first-order valence-corrected chi connectivity index (χ1v) is 7.55. The molecule has 1 amide bonds. The Balaban J connectivity index is 2.16.